The van der Waals surface area contributed by atoms with E-state index in [9.17, 15) is 18.0 Å². The second-order valence-corrected chi connectivity index (χ2v) is 4.28. The third-order valence-corrected chi connectivity index (χ3v) is 2.70. The van der Waals surface area contributed by atoms with Crippen molar-refractivity contribution in [1.29, 1.82) is 0 Å². The van der Waals surface area contributed by atoms with Crippen LogP contribution in [0.1, 0.15) is 6.92 Å². The van der Waals surface area contributed by atoms with E-state index in [1.165, 1.54) is 0 Å². The van der Waals surface area contributed by atoms with Gasteiger partial charge >= 0.3 is 6.18 Å². The second kappa shape index (κ2) is 5.44. The van der Waals surface area contributed by atoms with Crippen LogP contribution in [-0.2, 0) is 6.54 Å². The van der Waals surface area contributed by atoms with Crippen molar-refractivity contribution in [2.45, 2.75) is 25.7 Å². The molecule has 1 atom stereocenters. The Morgan fingerprint density at radius 2 is 2.28 bits per heavy atom. The Kier molecular flexibility index (Phi) is 4.40. The van der Waals surface area contributed by atoms with Crippen molar-refractivity contribution in [2.75, 3.05) is 5.32 Å². The molecule has 4 nitrogen and oxygen atoms in total. The maximum Gasteiger partial charge on any atom is 0.408 e. The first-order valence-electron chi connectivity index (χ1n) is 4.79. The average Bonchev–Trinajstić information content (AvgIpc) is 2.27. The molecule has 0 bridgehead atoms. The smallest absolute Gasteiger partial charge is 0.369 e. The van der Waals surface area contributed by atoms with E-state index in [0.717, 1.165) is 6.20 Å². The Balaban J connectivity index is 3.07. The molecule has 0 aromatic carbocycles. The van der Waals surface area contributed by atoms with E-state index >= 15 is 0 Å². The number of halogens is 4. The third kappa shape index (κ3) is 3.77. The van der Waals surface area contributed by atoms with E-state index in [4.69, 9.17) is 6.42 Å². The first-order valence-corrected chi connectivity index (χ1v) is 5.59. The van der Waals surface area contributed by atoms with Gasteiger partial charge in [-0.15, -0.1) is 6.42 Å². The molecule has 1 N–H and O–H groups in total. The van der Waals surface area contributed by atoms with Crippen LogP contribution in [-0.4, -0.2) is 22.0 Å². The normalized spacial score (nSPS) is 12.9. The fraction of sp³-hybridized carbons (Fsp3) is 0.400. The quantitative estimate of drug-likeness (QED) is 0.865. The molecule has 18 heavy (non-hydrogen) atoms. The molecule has 0 aliphatic rings. The minimum absolute atomic E-state index is 0.0381. The molecule has 0 saturated heterocycles. The lowest BCUT2D eigenvalue weighted by atomic mass is 10.3. The van der Waals surface area contributed by atoms with Gasteiger partial charge in [-0.2, -0.15) is 18.3 Å². The van der Waals surface area contributed by atoms with E-state index in [2.05, 4.69) is 32.3 Å². The number of aromatic nitrogens is 2. The van der Waals surface area contributed by atoms with Gasteiger partial charge < -0.3 is 5.32 Å². The zero-order valence-corrected chi connectivity index (χ0v) is 10.8. The summed E-state index contributed by atoms with van der Waals surface area (Å²) < 4.78 is 36.8. The van der Waals surface area contributed by atoms with Gasteiger partial charge in [0, 0.05) is 0 Å². The Hall–Kier alpha value is -1.49. The van der Waals surface area contributed by atoms with Crippen LogP contribution in [0.15, 0.2) is 15.5 Å². The van der Waals surface area contributed by atoms with Gasteiger partial charge in [0.1, 0.15) is 11.0 Å². The van der Waals surface area contributed by atoms with Crippen molar-refractivity contribution in [3.63, 3.8) is 0 Å². The molecule has 1 aromatic heterocycles. The molecular weight excluding hydrogens is 315 g/mol. The lowest BCUT2D eigenvalue weighted by Crippen LogP contribution is -2.31. The third-order valence-electron chi connectivity index (χ3n) is 1.94. The molecule has 98 valence electrons. The highest BCUT2D eigenvalue weighted by molar-refractivity contribution is 9.10. The van der Waals surface area contributed by atoms with Gasteiger partial charge in [0.2, 0.25) is 0 Å². The highest BCUT2D eigenvalue weighted by Crippen LogP contribution is 2.19. The number of rotatable bonds is 3. The highest BCUT2D eigenvalue weighted by Gasteiger charge is 2.29. The summed E-state index contributed by atoms with van der Waals surface area (Å²) in [5.74, 6) is 2.36. The molecule has 0 radical (unpaired) electrons. The fourth-order valence-corrected chi connectivity index (χ4v) is 1.54. The lowest BCUT2D eigenvalue weighted by Gasteiger charge is -2.13. The van der Waals surface area contributed by atoms with Gasteiger partial charge in [0.05, 0.1) is 17.9 Å². The van der Waals surface area contributed by atoms with Crippen molar-refractivity contribution in [3.05, 3.63) is 21.0 Å². The lowest BCUT2D eigenvalue weighted by molar-refractivity contribution is -0.143. The molecule has 1 aromatic rings. The van der Waals surface area contributed by atoms with E-state index < -0.39 is 18.3 Å². The van der Waals surface area contributed by atoms with Crippen LogP contribution >= 0.6 is 15.9 Å². The zero-order chi connectivity index (χ0) is 13.9. The minimum Gasteiger partial charge on any atom is -0.369 e. The van der Waals surface area contributed by atoms with Gasteiger partial charge in [-0.1, -0.05) is 5.92 Å². The van der Waals surface area contributed by atoms with Crippen molar-refractivity contribution in [1.82, 2.24) is 9.78 Å². The predicted octanol–water partition coefficient (Wildman–Crippen LogP) is 2.00. The molecule has 1 rings (SSSR count). The van der Waals surface area contributed by atoms with Crippen molar-refractivity contribution in [2.24, 2.45) is 0 Å². The van der Waals surface area contributed by atoms with Gasteiger partial charge in [-0.05, 0) is 22.9 Å². The monoisotopic (exact) mass is 323 g/mol. The molecule has 0 aliphatic carbocycles. The van der Waals surface area contributed by atoms with Crippen LogP contribution in [0.3, 0.4) is 0 Å². The average molecular weight is 324 g/mol. The highest BCUT2D eigenvalue weighted by atomic mass is 79.9. The Labute approximate surface area is 109 Å². The fourth-order valence-electron chi connectivity index (χ4n) is 1.12. The SMILES string of the molecule is C#CC(C)Nc1cnn(CC(F)(F)F)c(=O)c1Br. The number of anilines is 1. The maximum atomic E-state index is 12.2. The molecule has 1 heterocycles. The first-order chi connectivity index (χ1) is 8.24. The number of nitrogens with zero attached hydrogens (tertiary/aromatic N) is 2. The summed E-state index contributed by atoms with van der Waals surface area (Å²) in [4.78, 5) is 11.6. The molecular formula is C10H9BrF3N3O. The molecule has 1 unspecified atom stereocenters. The van der Waals surface area contributed by atoms with Crippen LogP contribution in [0, 0.1) is 12.3 Å². The maximum absolute atomic E-state index is 12.2. The Morgan fingerprint density at radius 1 is 1.67 bits per heavy atom. The van der Waals surface area contributed by atoms with Crippen molar-refractivity contribution < 1.29 is 13.2 Å². The van der Waals surface area contributed by atoms with E-state index in [1.807, 2.05) is 0 Å². The summed E-state index contributed by atoms with van der Waals surface area (Å²) in [6.07, 6.45) is 1.75. The molecule has 0 spiro atoms. The Bertz CT molecular complexity index is 533. The molecule has 0 fully saturated rings. The Morgan fingerprint density at radius 3 is 2.78 bits per heavy atom. The van der Waals surface area contributed by atoms with Gasteiger partial charge in [-0.3, -0.25) is 4.79 Å². The summed E-state index contributed by atoms with van der Waals surface area (Å²) in [6.45, 7) is 0.225. The number of terminal acetylenes is 1. The number of hydrogen-bond acceptors (Lipinski definition) is 3. The largest absolute Gasteiger partial charge is 0.408 e. The summed E-state index contributed by atoms with van der Waals surface area (Å²) >= 11 is 2.92. The van der Waals surface area contributed by atoms with Crippen LogP contribution in [0.25, 0.3) is 0 Å². The van der Waals surface area contributed by atoms with Crippen molar-refractivity contribution >= 4 is 21.6 Å². The summed E-state index contributed by atoms with van der Waals surface area (Å²) in [5, 5.41) is 6.19. The van der Waals surface area contributed by atoms with E-state index in [1.54, 1.807) is 6.92 Å². The van der Waals surface area contributed by atoms with Crippen LogP contribution in [0.5, 0.6) is 0 Å². The topological polar surface area (TPSA) is 46.9 Å². The molecule has 0 amide bonds. The molecule has 0 aliphatic heterocycles. The number of alkyl halides is 3. The summed E-state index contributed by atoms with van der Waals surface area (Å²) in [5.41, 5.74) is -0.620. The number of nitrogens with one attached hydrogen (secondary N) is 1. The van der Waals surface area contributed by atoms with E-state index in [0.29, 0.717) is 4.68 Å². The van der Waals surface area contributed by atoms with Crippen LogP contribution < -0.4 is 10.9 Å². The minimum atomic E-state index is -4.50. The van der Waals surface area contributed by atoms with Crippen LogP contribution in [0.4, 0.5) is 18.9 Å². The second-order valence-electron chi connectivity index (χ2n) is 3.48. The number of hydrogen-bond donors (Lipinski definition) is 1. The standard InChI is InChI=1S/C10H9BrF3N3O/c1-3-6(2)16-7-4-15-17(5-10(12,13)14)9(18)8(7)11/h1,4,6,16H,5H2,2H3. The summed E-state index contributed by atoms with van der Waals surface area (Å²) in [6, 6.07) is -0.374. The van der Waals surface area contributed by atoms with Gasteiger partial charge in [0.15, 0.2) is 0 Å². The molecule has 8 heteroatoms. The van der Waals surface area contributed by atoms with E-state index in [-0.39, 0.29) is 16.2 Å². The molecule has 0 saturated carbocycles. The van der Waals surface area contributed by atoms with Crippen molar-refractivity contribution in [3.8, 4) is 12.3 Å². The van der Waals surface area contributed by atoms with Crippen LogP contribution in [0.2, 0.25) is 0 Å². The summed E-state index contributed by atoms with van der Waals surface area (Å²) in [7, 11) is 0. The zero-order valence-electron chi connectivity index (χ0n) is 9.25. The first kappa shape index (κ1) is 14.6. The van der Waals surface area contributed by atoms with Gasteiger partial charge in [0.25, 0.3) is 5.56 Å². The predicted molar refractivity (Wildman–Crippen MR) is 64.2 cm³/mol. The van der Waals surface area contributed by atoms with Gasteiger partial charge in [-0.25, -0.2) is 4.68 Å².